The Labute approximate surface area is 377 Å². The van der Waals surface area contributed by atoms with Crippen LogP contribution in [0.15, 0.2) is 159 Å². The molecule has 2 fully saturated rings. The number of piperidine rings is 1. The standard InChI is InChI=1S/C27H25N5.C26H25N7/c1-31-13-9-19-7-8-20(15-26(19)31)24-16-22(17-25-27(24)29-12-11-28-25)30-21-10-14-32(18-21)23-5-3-2-4-6-23;1-32-12-5-18-3-4-19(15-24(18)32)22-16-21(17-23-25(22)28-11-10-27-23)31-20-6-13-33(14-7-20)26-29-8-2-9-30-26/h2-9,11-13,15-17,21,30H,10,14,18H2,1H3;2-5,8-12,15-17,20,31H,6-7,13-14H2,1H3. The Hall–Kier alpha value is -7.86. The van der Waals surface area contributed by atoms with Crippen LogP contribution in [0.2, 0.25) is 0 Å². The van der Waals surface area contributed by atoms with Gasteiger partial charge in [-0.2, -0.15) is 0 Å². The van der Waals surface area contributed by atoms with E-state index in [1.54, 1.807) is 37.2 Å². The molecule has 1 unspecified atom stereocenters. The van der Waals surface area contributed by atoms with Gasteiger partial charge in [0.05, 0.1) is 22.1 Å². The van der Waals surface area contributed by atoms with Crippen molar-refractivity contribution in [3.8, 4) is 22.3 Å². The summed E-state index contributed by atoms with van der Waals surface area (Å²) in [7, 11) is 4.16. The Kier molecular flexibility index (Phi) is 10.7. The van der Waals surface area contributed by atoms with E-state index in [0.29, 0.717) is 12.1 Å². The van der Waals surface area contributed by atoms with Gasteiger partial charge in [0.25, 0.3) is 0 Å². The van der Waals surface area contributed by atoms with E-state index >= 15 is 0 Å². The first-order valence-corrected chi connectivity index (χ1v) is 22.4. The second-order valence-corrected chi connectivity index (χ2v) is 17.2. The quantitative estimate of drug-likeness (QED) is 0.153. The lowest BCUT2D eigenvalue weighted by Crippen LogP contribution is -2.39. The largest absolute Gasteiger partial charge is 0.382 e. The van der Waals surface area contributed by atoms with Crippen LogP contribution in [0.4, 0.5) is 23.0 Å². The van der Waals surface area contributed by atoms with E-state index in [9.17, 15) is 0 Å². The van der Waals surface area contributed by atoms with Crippen LogP contribution in [0.3, 0.4) is 0 Å². The van der Waals surface area contributed by atoms with Gasteiger partial charge < -0.3 is 29.6 Å². The molecule has 65 heavy (non-hydrogen) atoms. The summed E-state index contributed by atoms with van der Waals surface area (Å²) in [6.07, 6.45) is 18.0. The molecular formula is C53H50N12. The minimum Gasteiger partial charge on any atom is -0.382 e. The first-order valence-electron chi connectivity index (χ1n) is 22.4. The van der Waals surface area contributed by atoms with Crippen molar-refractivity contribution in [2.75, 3.05) is 46.6 Å². The van der Waals surface area contributed by atoms with Crippen LogP contribution < -0.4 is 20.4 Å². The van der Waals surface area contributed by atoms with Gasteiger partial charge in [0, 0.05) is 141 Å². The van der Waals surface area contributed by atoms with Crippen LogP contribution in [0, 0.1) is 0 Å². The molecule has 322 valence electrons. The van der Waals surface area contributed by atoms with Crippen molar-refractivity contribution >= 4 is 66.9 Å². The third-order valence-electron chi connectivity index (χ3n) is 12.9. The summed E-state index contributed by atoms with van der Waals surface area (Å²) in [4.78, 5) is 32.0. The molecule has 0 saturated carbocycles. The molecule has 12 rings (SSSR count). The molecule has 1 atom stereocenters. The zero-order valence-corrected chi connectivity index (χ0v) is 36.6. The smallest absolute Gasteiger partial charge is 0.225 e. The summed E-state index contributed by atoms with van der Waals surface area (Å²) in [5, 5.41) is 10.0. The molecular weight excluding hydrogens is 805 g/mol. The molecule has 2 aliphatic heterocycles. The van der Waals surface area contributed by atoms with Crippen LogP contribution in [0.25, 0.3) is 66.1 Å². The number of hydrogen-bond donors (Lipinski definition) is 2. The number of hydrogen-bond acceptors (Lipinski definition) is 10. The number of anilines is 4. The number of aryl methyl sites for hydroxylation is 2. The zero-order valence-electron chi connectivity index (χ0n) is 36.6. The Bertz CT molecular complexity index is 3260. The molecule has 12 nitrogen and oxygen atoms in total. The summed E-state index contributed by atoms with van der Waals surface area (Å²) in [6.45, 7) is 3.93. The van der Waals surface area contributed by atoms with Gasteiger partial charge in [0.15, 0.2) is 0 Å². The van der Waals surface area contributed by atoms with E-state index < -0.39 is 0 Å². The van der Waals surface area contributed by atoms with E-state index in [0.717, 1.165) is 107 Å². The van der Waals surface area contributed by atoms with Crippen molar-refractivity contribution in [2.45, 2.75) is 31.3 Å². The fourth-order valence-electron chi connectivity index (χ4n) is 9.52. The van der Waals surface area contributed by atoms with Crippen LogP contribution in [0.5, 0.6) is 0 Å². The number of rotatable bonds is 8. The monoisotopic (exact) mass is 854 g/mol. The summed E-state index contributed by atoms with van der Waals surface area (Å²) < 4.78 is 4.31. The molecule has 10 aromatic rings. The maximum atomic E-state index is 4.67. The molecule has 0 bridgehead atoms. The van der Waals surface area contributed by atoms with Crippen LogP contribution >= 0.6 is 0 Å². The fraction of sp³-hybridized carbons (Fsp3) is 0.208. The van der Waals surface area contributed by atoms with Crippen molar-refractivity contribution in [3.05, 3.63) is 159 Å². The lowest BCUT2D eigenvalue weighted by atomic mass is 10.00. The Morgan fingerprint density at radius 1 is 0.477 bits per heavy atom. The highest BCUT2D eigenvalue weighted by atomic mass is 15.3. The minimum absolute atomic E-state index is 0.391. The predicted octanol–water partition coefficient (Wildman–Crippen LogP) is 10.1. The Morgan fingerprint density at radius 3 is 1.58 bits per heavy atom. The number of nitrogens with one attached hydrogen (secondary N) is 2. The van der Waals surface area contributed by atoms with Gasteiger partial charge in [-0.25, -0.2) is 9.97 Å². The maximum Gasteiger partial charge on any atom is 0.225 e. The Morgan fingerprint density at radius 2 is 1.00 bits per heavy atom. The number of fused-ring (bicyclic) bond motifs is 4. The van der Waals surface area contributed by atoms with Gasteiger partial charge in [-0.3, -0.25) is 19.9 Å². The minimum atomic E-state index is 0.391. The third-order valence-corrected chi connectivity index (χ3v) is 12.9. The molecule has 5 aromatic carbocycles. The lowest BCUT2D eigenvalue weighted by Gasteiger charge is -2.32. The van der Waals surface area contributed by atoms with Crippen molar-refractivity contribution in [1.29, 1.82) is 0 Å². The highest BCUT2D eigenvalue weighted by Crippen LogP contribution is 2.35. The van der Waals surface area contributed by atoms with Crippen LogP contribution in [0.1, 0.15) is 19.3 Å². The third kappa shape index (κ3) is 8.26. The van der Waals surface area contributed by atoms with Crippen molar-refractivity contribution in [3.63, 3.8) is 0 Å². The van der Waals surface area contributed by atoms with Gasteiger partial charge in [-0.1, -0.05) is 42.5 Å². The van der Waals surface area contributed by atoms with Gasteiger partial charge >= 0.3 is 0 Å². The molecule has 0 spiro atoms. The van der Waals surface area contributed by atoms with Crippen molar-refractivity contribution < 1.29 is 0 Å². The predicted molar refractivity (Wildman–Crippen MR) is 264 cm³/mol. The van der Waals surface area contributed by atoms with Gasteiger partial charge in [-0.15, -0.1) is 0 Å². The summed E-state index contributed by atoms with van der Waals surface area (Å²) in [6, 6.07) is 39.5. The number of nitrogens with zero attached hydrogens (tertiary/aromatic N) is 10. The first kappa shape index (κ1) is 40.0. The maximum absolute atomic E-state index is 4.67. The highest BCUT2D eigenvalue weighted by Gasteiger charge is 2.24. The summed E-state index contributed by atoms with van der Waals surface area (Å²) in [5.41, 5.74) is 14.1. The molecule has 0 amide bonds. The molecule has 2 aliphatic rings. The van der Waals surface area contributed by atoms with Crippen LogP contribution in [-0.2, 0) is 14.1 Å². The topological polar surface area (TPSA) is 118 Å². The van der Waals surface area contributed by atoms with Crippen molar-refractivity contribution in [1.82, 2.24) is 39.0 Å². The van der Waals surface area contributed by atoms with E-state index in [4.69, 9.17) is 0 Å². The van der Waals surface area contributed by atoms with Crippen LogP contribution in [-0.4, -0.2) is 77.3 Å². The number of benzene rings is 5. The summed E-state index contributed by atoms with van der Waals surface area (Å²) >= 11 is 0. The molecule has 2 saturated heterocycles. The van der Waals surface area contributed by atoms with E-state index in [1.807, 2.05) is 6.07 Å². The highest BCUT2D eigenvalue weighted by molar-refractivity contribution is 5.98. The molecule has 0 aliphatic carbocycles. The Balaban J connectivity index is 0.000000144. The second-order valence-electron chi connectivity index (χ2n) is 17.2. The lowest BCUT2D eigenvalue weighted by molar-refractivity contribution is 0.520. The molecule has 2 N–H and O–H groups in total. The van der Waals surface area contributed by atoms with Gasteiger partial charge in [0.2, 0.25) is 5.95 Å². The summed E-state index contributed by atoms with van der Waals surface area (Å²) in [5.74, 6) is 0.815. The number of para-hydroxylation sites is 1. The zero-order chi connectivity index (χ0) is 43.7. The SMILES string of the molecule is Cn1ccc2ccc(-c3cc(NC4CCN(c5ccccc5)C4)cc4nccnc34)cc21.Cn1ccc2ccc(-c3cc(NC4CCN(c5ncccn5)CC4)cc4nccnc34)cc21. The second kappa shape index (κ2) is 17.4. The normalized spacial score (nSPS) is 15.4. The van der Waals surface area contributed by atoms with E-state index in [1.165, 1.54) is 27.5 Å². The van der Waals surface area contributed by atoms with Crippen molar-refractivity contribution in [2.24, 2.45) is 14.1 Å². The van der Waals surface area contributed by atoms with Gasteiger partial charge in [0.1, 0.15) is 0 Å². The average Bonchev–Trinajstić information content (AvgIpc) is 4.10. The molecule has 0 radical (unpaired) electrons. The van der Waals surface area contributed by atoms with E-state index in [-0.39, 0.29) is 0 Å². The average molecular weight is 855 g/mol. The fourth-order valence-corrected chi connectivity index (χ4v) is 9.52. The molecule has 5 aromatic heterocycles. The van der Waals surface area contributed by atoms with Gasteiger partial charge in [-0.05, 0) is 108 Å². The van der Waals surface area contributed by atoms with E-state index in [2.05, 4.69) is 189 Å². The molecule has 7 heterocycles. The number of aromatic nitrogens is 8. The first-order chi connectivity index (χ1) is 32.0. The molecule has 12 heteroatoms.